The van der Waals surface area contributed by atoms with Crippen LogP contribution in [0.15, 0.2) is 43.0 Å². The molecule has 0 unspecified atom stereocenters. The summed E-state index contributed by atoms with van der Waals surface area (Å²) in [6.45, 7) is 0. The zero-order valence-corrected chi connectivity index (χ0v) is 7.96. The molecule has 0 radical (unpaired) electrons. The van der Waals surface area contributed by atoms with Gasteiger partial charge in [0.25, 0.3) is 0 Å². The summed E-state index contributed by atoms with van der Waals surface area (Å²) >= 11 is 0. The molecule has 0 bridgehead atoms. The topological polar surface area (TPSA) is 47.1 Å². The highest BCUT2D eigenvalue weighted by molar-refractivity contribution is 5.65. The van der Waals surface area contributed by atoms with E-state index in [0.29, 0.717) is 5.69 Å². The first-order chi connectivity index (χ1) is 6.79. The second-order valence-electron chi connectivity index (χ2n) is 3.02. The first-order valence-electron chi connectivity index (χ1n) is 4.35. The third kappa shape index (κ3) is 1.42. The summed E-state index contributed by atoms with van der Waals surface area (Å²) in [4.78, 5) is 3.95. The van der Waals surface area contributed by atoms with Crippen LogP contribution in [0.2, 0.25) is 0 Å². The van der Waals surface area contributed by atoms with Gasteiger partial charge in [-0.25, -0.2) is 0 Å². The molecule has 0 aliphatic rings. The molecule has 2 aromatic heterocycles. The molecule has 2 N–H and O–H groups in total. The Morgan fingerprint density at radius 1 is 1.36 bits per heavy atom. The van der Waals surface area contributed by atoms with Crippen LogP contribution in [0.1, 0.15) is 0 Å². The van der Waals surface area contributed by atoms with Gasteiger partial charge in [-0.05, 0) is 18.2 Å². The minimum atomic E-state index is 0.670. The summed E-state index contributed by atoms with van der Waals surface area (Å²) in [6.07, 6.45) is 7.29. The van der Waals surface area contributed by atoms with E-state index in [1.54, 1.807) is 12.4 Å². The zero-order valence-electron chi connectivity index (χ0n) is 7.96. The van der Waals surface area contributed by atoms with E-state index in [-0.39, 0.29) is 0 Å². The summed E-state index contributed by atoms with van der Waals surface area (Å²) in [5, 5.41) is 1.96. The molecule has 2 rings (SSSR count). The van der Waals surface area contributed by atoms with Gasteiger partial charge in [0.05, 0.1) is 17.6 Å². The van der Waals surface area contributed by atoms with Crippen molar-refractivity contribution >= 4 is 11.4 Å². The van der Waals surface area contributed by atoms with Crippen LogP contribution in [-0.2, 0) is 0 Å². The van der Waals surface area contributed by atoms with Crippen molar-refractivity contribution in [3.05, 3.63) is 43.0 Å². The lowest BCUT2D eigenvalue weighted by atomic mass is 10.3. The lowest BCUT2D eigenvalue weighted by molar-refractivity contribution is 0.781. The van der Waals surface area contributed by atoms with Crippen LogP contribution in [0.5, 0.6) is 0 Å². The number of hydrogen-bond donors (Lipinski definition) is 1. The molecule has 0 atom stereocenters. The number of nitrogens with zero attached hydrogens (tertiary/aromatic N) is 3. The van der Waals surface area contributed by atoms with Crippen molar-refractivity contribution in [1.82, 2.24) is 9.66 Å². The fourth-order valence-electron chi connectivity index (χ4n) is 1.34. The molecule has 2 aromatic rings. The van der Waals surface area contributed by atoms with E-state index in [9.17, 15) is 0 Å². The average Bonchev–Trinajstić information content (AvgIpc) is 2.70. The Kier molecular flexibility index (Phi) is 2.10. The second-order valence-corrected chi connectivity index (χ2v) is 3.02. The quantitative estimate of drug-likeness (QED) is 0.774. The van der Waals surface area contributed by atoms with Crippen LogP contribution in [0.3, 0.4) is 0 Å². The average molecular weight is 188 g/mol. The first-order valence-corrected chi connectivity index (χ1v) is 4.35. The molecule has 0 aliphatic carbocycles. The predicted molar refractivity (Wildman–Crippen MR) is 56.9 cm³/mol. The van der Waals surface area contributed by atoms with Crippen molar-refractivity contribution in [3.8, 4) is 0 Å². The van der Waals surface area contributed by atoms with E-state index in [0.717, 1.165) is 5.69 Å². The molecule has 0 spiro atoms. The number of aromatic nitrogens is 2. The van der Waals surface area contributed by atoms with Gasteiger partial charge in [0, 0.05) is 25.6 Å². The smallest absolute Gasteiger partial charge is 0.0835 e. The third-order valence-corrected chi connectivity index (χ3v) is 2.11. The summed E-state index contributed by atoms with van der Waals surface area (Å²) < 4.78 is 1.95. The lowest BCUT2D eigenvalue weighted by Gasteiger charge is -2.21. The molecule has 0 saturated carbocycles. The Balaban J connectivity index is 2.37. The molecule has 2 heterocycles. The Hall–Kier alpha value is -1.97. The van der Waals surface area contributed by atoms with E-state index in [1.807, 2.05) is 47.3 Å². The summed E-state index contributed by atoms with van der Waals surface area (Å²) in [5.74, 6) is 0. The highest BCUT2D eigenvalue weighted by Crippen LogP contribution is 2.20. The van der Waals surface area contributed by atoms with E-state index in [2.05, 4.69) is 4.98 Å². The zero-order chi connectivity index (χ0) is 9.97. The standard InChI is InChI=1S/C10H12N4/c1-13(14-6-2-3-7-14)10-4-5-12-8-9(10)11/h2-8H,11H2,1H3. The number of pyridine rings is 1. The number of hydrogen-bond acceptors (Lipinski definition) is 3. The Bertz CT molecular complexity index is 408. The largest absolute Gasteiger partial charge is 0.396 e. The number of nitrogen functional groups attached to an aromatic ring is 1. The maximum absolute atomic E-state index is 5.81. The summed E-state index contributed by atoms with van der Waals surface area (Å²) in [6, 6.07) is 5.82. The molecule has 0 aromatic carbocycles. The minimum absolute atomic E-state index is 0.670. The van der Waals surface area contributed by atoms with E-state index >= 15 is 0 Å². The molecule has 0 amide bonds. The van der Waals surface area contributed by atoms with Gasteiger partial charge in [-0.15, -0.1) is 0 Å². The SMILES string of the molecule is CN(c1ccncc1N)n1cccc1. The Labute approximate surface area is 82.6 Å². The summed E-state index contributed by atoms with van der Waals surface area (Å²) in [7, 11) is 1.95. The van der Waals surface area contributed by atoms with Gasteiger partial charge in [0.15, 0.2) is 0 Å². The normalized spacial score (nSPS) is 10.1. The number of nitrogens with two attached hydrogens (primary N) is 1. The molecule has 0 aliphatic heterocycles. The van der Waals surface area contributed by atoms with Crippen LogP contribution in [-0.4, -0.2) is 16.7 Å². The number of anilines is 2. The second kappa shape index (κ2) is 3.41. The van der Waals surface area contributed by atoms with E-state index in [1.165, 1.54) is 0 Å². The fraction of sp³-hybridized carbons (Fsp3) is 0.100. The van der Waals surface area contributed by atoms with E-state index < -0.39 is 0 Å². The van der Waals surface area contributed by atoms with Crippen molar-refractivity contribution in [3.63, 3.8) is 0 Å². The molecule has 14 heavy (non-hydrogen) atoms. The van der Waals surface area contributed by atoms with Gasteiger partial charge >= 0.3 is 0 Å². The Morgan fingerprint density at radius 2 is 2.07 bits per heavy atom. The molecule has 4 heteroatoms. The van der Waals surface area contributed by atoms with Crippen LogP contribution in [0, 0.1) is 0 Å². The third-order valence-electron chi connectivity index (χ3n) is 2.11. The van der Waals surface area contributed by atoms with Gasteiger partial charge in [0.2, 0.25) is 0 Å². The molecular formula is C10H12N4. The number of rotatable bonds is 2. The predicted octanol–water partition coefficient (Wildman–Crippen LogP) is 1.36. The van der Waals surface area contributed by atoms with Crippen molar-refractivity contribution in [2.24, 2.45) is 0 Å². The van der Waals surface area contributed by atoms with Crippen LogP contribution in [0.25, 0.3) is 0 Å². The fourth-order valence-corrected chi connectivity index (χ4v) is 1.34. The Morgan fingerprint density at radius 3 is 2.71 bits per heavy atom. The molecule has 0 saturated heterocycles. The molecular weight excluding hydrogens is 176 g/mol. The van der Waals surface area contributed by atoms with Gasteiger partial charge in [-0.1, -0.05) is 0 Å². The minimum Gasteiger partial charge on any atom is -0.396 e. The lowest BCUT2D eigenvalue weighted by Crippen LogP contribution is -2.23. The van der Waals surface area contributed by atoms with Crippen molar-refractivity contribution in [2.45, 2.75) is 0 Å². The highest BCUT2D eigenvalue weighted by atomic mass is 15.5. The van der Waals surface area contributed by atoms with Crippen molar-refractivity contribution < 1.29 is 0 Å². The maximum atomic E-state index is 5.81. The van der Waals surface area contributed by atoms with Gasteiger partial charge in [-0.2, -0.15) is 0 Å². The van der Waals surface area contributed by atoms with Crippen LogP contribution < -0.4 is 10.7 Å². The van der Waals surface area contributed by atoms with Crippen molar-refractivity contribution in [1.29, 1.82) is 0 Å². The summed E-state index contributed by atoms with van der Waals surface area (Å²) in [5.41, 5.74) is 7.42. The molecule has 0 fully saturated rings. The highest BCUT2D eigenvalue weighted by Gasteiger charge is 2.04. The van der Waals surface area contributed by atoms with Crippen LogP contribution in [0.4, 0.5) is 11.4 Å². The van der Waals surface area contributed by atoms with Gasteiger partial charge < -0.3 is 5.73 Å². The van der Waals surface area contributed by atoms with E-state index in [4.69, 9.17) is 5.73 Å². The maximum Gasteiger partial charge on any atom is 0.0835 e. The molecule has 4 nitrogen and oxygen atoms in total. The first kappa shape index (κ1) is 8.62. The van der Waals surface area contributed by atoms with Crippen molar-refractivity contribution in [2.75, 3.05) is 17.8 Å². The van der Waals surface area contributed by atoms with Gasteiger partial charge in [-0.3, -0.25) is 14.7 Å². The monoisotopic (exact) mass is 188 g/mol. The molecule has 72 valence electrons. The van der Waals surface area contributed by atoms with Crippen LogP contribution >= 0.6 is 0 Å². The van der Waals surface area contributed by atoms with Gasteiger partial charge in [0.1, 0.15) is 0 Å².